The summed E-state index contributed by atoms with van der Waals surface area (Å²) in [5.41, 5.74) is 0.0127. The van der Waals surface area contributed by atoms with Gasteiger partial charge in [0.1, 0.15) is 23.9 Å². The van der Waals surface area contributed by atoms with Crippen molar-refractivity contribution >= 4 is 35.6 Å². The molecule has 3 N–H and O–H groups in total. The molecule has 1 unspecified atom stereocenters. The molecule has 0 aliphatic rings. The summed E-state index contributed by atoms with van der Waals surface area (Å²) in [5, 5.41) is 15.7. The fourth-order valence-electron chi connectivity index (χ4n) is 4.28. The van der Waals surface area contributed by atoms with Gasteiger partial charge in [-0.1, -0.05) is 18.2 Å². The largest absolute Gasteiger partial charge is 0.480 e. The number of ether oxygens (including phenoxy) is 4. The Balaban J connectivity index is 2.77. The van der Waals surface area contributed by atoms with E-state index in [1.807, 2.05) is 0 Å². The maximum absolute atomic E-state index is 13.8. The van der Waals surface area contributed by atoms with Crippen molar-refractivity contribution in [2.45, 2.75) is 77.7 Å². The van der Waals surface area contributed by atoms with Crippen LogP contribution in [0.25, 0.3) is 11.1 Å². The molecule has 0 radical (unpaired) electrons. The van der Waals surface area contributed by atoms with Crippen LogP contribution in [0.1, 0.15) is 66.1 Å². The summed E-state index contributed by atoms with van der Waals surface area (Å²) >= 11 is 0. The predicted octanol–water partition coefficient (Wildman–Crippen LogP) is 6.86. The monoisotopic (exact) mass is 654 g/mol. The first kappa shape index (κ1) is 38.3. The van der Waals surface area contributed by atoms with E-state index in [9.17, 15) is 24.3 Å². The lowest BCUT2D eigenvalue weighted by atomic mass is 9.99. The number of carboxylic acids is 1. The second kappa shape index (κ2) is 17.1. The third-order valence-corrected chi connectivity index (χ3v) is 6.14. The number of carbonyl (C=O) groups is 4. The van der Waals surface area contributed by atoms with Gasteiger partial charge in [-0.2, -0.15) is 0 Å². The molecule has 1 aromatic carbocycles. The summed E-state index contributed by atoms with van der Waals surface area (Å²) in [6, 6.07) is 5.98. The van der Waals surface area contributed by atoms with Crippen molar-refractivity contribution in [3.05, 3.63) is 67.5 Å². The highest BCUT2D eigenvalue weighted by Crippen LogP contribution is 2.37. The van der Waals surface area contributed by atoms with Gasteiger partial charge in [-0.15, -0.1) is 13.2 Å². The van der Waals surface area contributed by atoms with E-state index in [2.05, 4.69) is 28.8 Å². The standard InChI is InChI=1S/C34H46N4O9/c1-10-12-25(37-31(42)46-33(3,4)5)26-20-22(16-17-35-26)24-15-14-23(36-30(41)45-19-18-44-9)21-28(24)38(27(13-11-2)29(39)40)32(43)47-34(6,7)8/h10-11,14-17,20-21,25,27H,1-2,12-13,18-19H2,3-9H3,(H,36,41)(H,37,42)(H,39,40)/t25-,27?/m0/s1. The van der Waals surface area contributed by atoms with Crippen molar-refractivity contribution in [2.75, 3.05) is 30.5 Å². The molecular weight excluding hydrogens is 608 g/mol. The fraction of sp³-hybridized carbons (Fsp3) is 0.441. The van der Waals surface area contributed by atoms with E-state index in [0.717, 1.165) is 4.90 Å². The van der Waals surface area contributed by atoms with E-state index >= 15 is 0 Å². The van der Waals surface area contributed by atoms with Crippen LogP contribution in [-0.4, -0.2) is 71.9 Å². The van der Waals surface area contributed by atoms with Gasteiger partial charge in [-0.3, -0.25) is 15.2 Å². The highest BCUT2D eigenvalue weighted by atomic mass is 16.6. The van der Waals surface area contributed by atoms with Gasteiger partial charge in [0.15, 0.2) is 0 Å². The van der Waals surface area contributed by atoms with E-state index in [1.54, 1.807) is 71.9 Å². The number of anilines is 2. The third kappa shape index (κ3) is 12.4. The average molecular weight is 655 g/mol. The summed E-state index contributed by atoms with van der Waals surface area (Å²) < 4.78 is 21.1. The molecule has 1 heterocycles. The Morgan fingerprint density at radius 1 is 0.936 bits per heavy atom. The molecule has 0 bridgehead atoms. The van der Waals surface area contributed by atoms with Crippen molar-refractivity contribution in [1.29, 1.82) is 0 Å². The van der Waals surface area contributed by atoms with Crippen LogP contribution in [0.5, 0.6) is 0 Å². The number of rotatable bonds is 14. The molecule has 256 valence electrons. The molecule has 1 aromatic heterocycles. The number of alkyl carbamates (subject to hydrolysis) is 1. The Bertz CT molecular complexity index is 1430. The minimum Gasteiger partial charge on any atom is -0.480 e. The van der Waals surface area contributed by atoms with Crippen molar-refractivity contribution in [3.8, 4) is 11.1 Å². The Morgan fingerprint density at radius 3 is 2.17 bits per heavy atom. The third-order valence-electron chi connectivity index (χ3n) is 6.14. The van der Waals surface area contributed by atoms with Crippen LogP contribution in [0, 0.1) is 0 Å². The lowest BCUT2D eigenvalue weighted by molar-refractivity contribution is -0.138. The summed E-state index contributed by atoms with van der Waals surface area (Å²) in [4.78, 5) is 57.0. The maximum atomic E-state index is 13.8. The van der Waals surface area contributed by atoms with Gasteiger partial charge in [0, 0.05) is 24.6 Å². The molecule has 2 aromatic rings. The van der Waals surface area contributed by atoms with E-state index in [4.69, 9.17) is 18.9 Å². The Morgan fingerprint density at radius 2 is 1.60 bits per heavy atom. The molecular formula is C34H46N4O9. The molecule has 13 nitrogen and oxygen atoms in total. The van der Waals surface area contributed by atoms with Gasteiger partial charge in [-0.25, -0.2) is 19.2 Å². The van der Waals surface area contributed by atoms with Crippen molar-refractivity contribution in [2.24, 2.45) is 0 Å². The zero-order chi connectivity index (χ0) is 35.4. The molecule has 0 saturated heterocycles. The number of pyridine rings is 1. The number of methoxy groups -OCH3 is 1. The normalized spacial score (nSPS) is 12.6. The van der Waals surface area contributed by atoms with E-state index in [-0.39, 0.29) is 31.0 Å². The molecule has 0 aliphatic heterocycles. The molecule has 13 heteroatoms. The van der Waals surface area contributed by atoms with Crippen LogP contribution >= 0.6 is 0 Å². The Labute approximate surface area is 275 Å². The molecule has 2 atom stereocenters. The number of amides is 3. The molecule has 0 aliphatic carbocycles. The number of carboxylic acid groups (broad SMARTS) is 1. The van der Waals surface area contributed by atoms with Gasteiger partial charge in [0.2, 0.25) is 0 Å². The molecule has 0 spiro atoms. The second-order valence-corrected chi connectivity index (χ2v) is 12.4. The van der Waals surface area contributed by atoms with E-state index in [0.29, 0.717) is 23.2 Å². The van der Waals surface area contributed by atoms with Gasteiger partial charge < -0.3 is 29.4 Å². The Hall–Kier alpha value is -4.91. The van der Waals surface area contributed by atoms with E-state index in [1.165, 1.54) is 25.4 Å². The first-order valence-corrected chi connectivity index (χ1v) is 15.0. The lowest BCUT2D eigenvalue weighted by Crippen LogP contribution is -2.47. The van der Waals surface area contributed by atoms with Gasteiger partial charge in [0.05, 0.1) is 24.0 Å². The number of nitrogens with one attached hydrogen (secondary N) is 2. The summed E-state index contributed by atoms with van der Waals surface area (Å²) in [6.07, 6.45) is 2.39. The first-order chi connectivity index (χ1) is 22.0. The summed E-state index contributed by atoms with van der Waals surface area (Å²) in [7, 11) is 1.47. The van der Waals surface area contributed by atoms with Gasteiger partial charge >= 0.3 is 24.2 Å². The summed E-state index contributed by atoms with van der Waals surface area (Å²) in [5.74, 6) is -1.30. The van der Waals surface area contributed by atoms with Crippen LogP contribution in [0.2, 0.25) is 0 Å². The SMILES string of the molecule is C=CCC(C(=O)O)N(C(=O)OC(C)(C)C)c1cc(NC(=O)OCCOC)ccc1-c1ccnc([C@H](CC=C)NC(=O)OC(C)(C)C)c1. The summed E-state index contributed by atoms with van der Waals surface area (Å²) in [6.45, 7) is 17.9. The molecule has 2 rings (SSSR count). The number of aromatic nitrogens is 1. The van der Waals surface area contributed by atoms with Gasteiger partial charge in [0.25, 0.3) is 0 Å². The zero-order valence-corrected chi connectivity index (χ0v) is 28.1. The van der Waals surface area contributed by atoms with Crippen LogP contribution in [0.15, 0.2) is 61.8 Å². The minimum atomic E-state index is -1.42. The topological polar surface area (TPSA) is 166 Å². The number of aliphatic carboxylic acids is 1. The smallest absolute Gasteiger partial charge is 0.415 e. The average Bonchev–Trinajstić information content (AvgIpc) is 2.95. The van der Waals surface area contributed by atoms with Crippen molar-refractivity contribution in [1.82, 2.24) is 10.3 Å². The highest BCUT2D eigenvalue weighted by molar-refractivity contribution is 6.01. The number of hydrogen-bond donors (Lipinski definition) is 3. The van der Waals surface area contributed by atoms with Crippen LogP contribution < -0.4 is 15.5 Å². The maximum Gasteiger partial charge on any atom is 0.415 e. The second-order valence-electron chi connectivity index (χ2n) is 12.4. The van der Waals surface area contributed by atoms with E-state index < -0.39 is 47.5 Å². The van der Waals surface area contributed by atoms with Crippen LogP contribution in [0.3, 0.4) is 0 Å². The molecule has 0 fully saturated rings. The molecule has 47 heavy (non-hydrogen) atoms. The number of nitrogens with zero attached hydrogens (tertiary/aromatic N) is 2. The number of benzene rings is 1. The minimum absolute atomic E-state index is 0.000723. The van der Waals surface area contributed by atoms with Crippen molar-refractivity contribution in [3.63, 3.8) is 0 Å². The lowest BCUT2D eigenvalue weighted by Gasteiger charge is -2.33. The highest BCUT2D eigenvalue weighted by Gasteiger charge is 2.35. The zero-order valence-electron chi connectivity index (χ0n) is 28.1. The quantitative estimate of drug-likeness (QED) is 0.111. The number of carbonyl (C=O) groups excluding carboxylic acids is 3. The molecule has 3 amide bonds. The molecule has 0 saturated carbocycles. The van der Waals surface area contributed by atoms with Crippen LogP contribution in [-0.2, 0) is 23.7 Å². The van der Waals surface area contributed by atoms with Gasteiger partial charge in [-0.05, 0) is 84.2 Å². The predicted molar refractivity (Wildman–Crippen MR) is 178 cm³/mol. The Kier molecular flexibility index (Phi) is 13.9. The fourth-order valence-corrected chi connectivity index (χ4v) is 4.28. The van der Waals surface area contributed by atoms with Crippen LogP contribution in [0.4, 0.5) is 25.8 Å². The van der Waals surface area contributed by atoms with Crippen molar-refractivity contribution < 1.29 is 43.2 Å². The number of hydrogen-bond acceptors (Lipinski definition) is 9. The first-order valence-electron chi connectivity index (χ1n) is 15.0.